The first kappa shape index (κ1) is 26.7. The molecule has 0 rings (SSSR count). The van der Waals surface area contributed by atoms with Crippen molar-refractivity contribution in [3.63, 3.8) is 0 Å². The molecular weight excluding hydrogens is 390 g/mol. The minimum atomic E-state index is -3.63. The third kappa shape index (κ3) is 4.99. The molecular formula is C18H27NO10. The van der Waals surface area contributed by atoms with E-state index in [0.29, 0.717) is 13.8 Å². The number of Topliss-reactive ketones (excluding diaryl/α,β-unsaturated/α-hetero) is 5. The van der Waals surface area contributed by atoms with Crippen molar-refractivity contribution in [1.29, 1.82) is 0 Å². The predicted octanol–water partition coefficient (Wildman–Crippen LogP) is -2.62. The number of carbonyl (C=O) groups is 6. The van der Waals surface area contributed by atoms with Crippen molar-refractivity contribution in [3.8, 4) is 0 Å². The molecule has 0 aliphatic heterocycles. The Balaban J connectivity index is 6.91. The van der Waals surface area contributed by atoms with Crippen LogP contribution in [-0.2, 0) is 28.8 Å². The number of rotatable bonds is 12. The van der Waals surface area contributed by atoms with Gasteiger partial charge in [-0.05, 0) is 27.2 Å². The molecule has 164 valence electrons. The van der Waals surface area contributed by atoms with Crippen molar-refractivity contribution in [2.24, 2.45) is 0 Å². The summed E-state index contributed by atoms with van der Waals surface area (Å²) in [5.74, 6) is -7.81. The number of carbonyl (C=O) groups excluding carboxylic acids is 6. The number of amides is 1. The Kier molecular flexibility index (Phi) is 9.12. The van der Waals surface area contributed by atoms with E-state index in [2.05, 4.69) is 0 Å². The highest BCUT2D eigenvalue weighted by molar-refractivity contribution is 6.39. The molecule has 29 heavy (non-hydrogen) atoms. The van der Waals surface area contributed by atoms with E-state index < -0.39 is 64.3 Å². The zero-order valence-electron chi connectivity index (χ0n) is 16.9. The summed E-state index contributed by atoms with van der Waals surface area (Å²) in [5.41, 5.74) is -7.21. The third-order valence-corrected chi connectivity index (χ3v) is 4.61. The van der Waals surface area contributed by atoms with Crippen molar-refractivity contribution in [1.82, 2.24) is 5.32 Å². The van der Waals surface area contributed by atoms with Crippen LogP contribution >= 0.6 is 0 Å². The van der Waals surface area contributed by atoms with Crippen molar-refractivity contribution in [3.05, 3.63) is 0 Å². The van der Waals surface area contributed by atoms with E-state index in [1.807, 2.05) is 5.32 Å². The van der Waals surface area contributed by atoms with E-state index in [1.165, 1.54) is 0 Å². The number of nitrogens with one attached hydrogen (secondary N) is 1. The van der Waals surface area contributed by atoms with Crippen molar-refractivity contribution >= 4 is 34.8 Å². The molecule has 0 fully saturated rings. The van der Waals surface area contributed by atoms with Gasteiger partial charge >= 0.3 is 0 Å². The highest BCUT2D eigenvalue weighted by Gasteiger charge is 2.67. The van der Waals surface area contributed by atoms with Gasteiger partial charge in [0.05, 0.1) is 0 Å². The van der Waals surface area contributed by atoms with Crippen LogP contribution in [0, 0.1) is 0 Å². The average molecular weight is 417 g/mol. The molecule has 0 aromatic rings. The van der Waals surface area contributed by atoms with Crippen LogP contribution < -0.4 is 5.32 Å². The summed E-state index contributed by atoms with van der Waals surface area (Å²) in [5, 5.41) is 44.1. The van der Waals surface area contributed by atoms with Gasteiger partial charge < -0.3 is 25.7 Å². The zero-order chi connectivity index (χ0) is 23.3. The third-order valence-electron chi connectivity index (χ3n) is 4.61. The first-order valence-corrected chi connectivity index (χ1v) is 8.78. The Labute approximate surface area is 167 Å². The Morgan fingerprint density at radius 3 is 1.62 bits per heavy atom. The Morgan fingerprint density at radius 2 is 1.31 bits per heavy atom. The molecule has 0 saturated heterocycles. The smallest absolute Gasteiger partial charge is 0.223 e. The molecule has 0 radical (unpaired) electrons. The summed E-state index contributed by atoms with van der Waals surface area (Å²) >= 11 is 0. The molecule has 0 aliphatic carbocycles. The van der Waals surface area contributed by atoms with Crippen LogP contribution in [0.2, 0.25) is 0 Å². The van der Waals surface area contributed by atoms with Crippen molar-refractivity contribution < 1.29 is 49.2 Å². The van der Waals surface area contributed by atoms with Gasteiger partial charge in [0, 0.05) is 13.3 Å². The van der Waals surface area contributed by atoms with E-state index in [-0.39, 0.29) is 12.8 Å². The summed E-state index contributed by atoms with van der Waals surface area (Å²) in [6.07, 6.45) is -5.13. The highest BCUT2D eigenvalue weighted by atomic mass is 16.4. The van der Waals surface area contributed by atoms with Gasteiger partial charge in [-0.1, -0.05) is 6.92 Å². The number of hydrogen-bond acceptors (Lipinski definition) is 10. The van der Waals surface area contributed by atoms with Gasteiger partial charge in [-0.25, -0.2) is 0 Å². The van der Waals surface area contributed by atoms with Gasteiger partial charge in [0.25, 0.3) is 0 Å². The zero-order valence-corrected chi connectivity index (χ0v) is 16.9. The predicted molar refractivity (Wildman–Crippen MR) is 96.5 cm³/mol. The van der Waals surface area contributed by atoms with Crippen LogP contribution in [0.15, 0.2) is 0 Å². The molecule has 0 spiro atoms. The maximum Gasteiger partial charge on any atom is 0.223 e. The molecule has 5 atom stereocenters. The highest BCUT2D eigenvalue weighted by Crippen LogP contribution is 2.34. The van der Waals surface area contributed by atoms with Crippen LogP contribution in [0.5, 0.6) is 0 Å². The van der Waals surface area contributed by atoms with Crippen molar-refractivity contribution in [2.75, 3.05) is 0 Å². The van der Waals surface area contributed by atoms with Crippen LogP contribution in [0.25, 0.3) is 0 Å². The molecule has 1 unspecified atom stereocenters. The lowest BCUT2D eigenvalue weighted by molar-refractivity contribution is -0.221. The Bertz CT molecular complexity index is 717. The summed E-state index contributed by atoms with van der Waals surface area (Å²) in [4.78, 5) is 72.1. The molecule has 0 bridgehead atoms. The topological polar surface area (TPSA) is 195 Å². The van der Waals surface area contributed by atoms with Gasteiger partial charge in [0.2, 0.25) is 11.7 Å². The number of ketones is 5. The normalized spacial score (nSPS) is 18.4. The molecule has 0 heterocycles. The van der Waals surface area contributed by atoms with Crippen molar-refractivity contribution in [2.45, 2.75) is 76.9 Å². The summed E-state index contributed by atoms with van der Waals surface area (Å²) in [7, 11) is 0. The molecule has 11 heteroatoms. The van der Waals surface area contributed by atoms with Gasteiger partial charge in [-0.2, -0.15) is 0 Å². The van der Waals surface area contributed by atoms with E-state index in [9.17, 15) is 49.2 Å². The summed E-state index contributed by atoms with van der Waals surface area (Å²) < 4.78 is 0. The van der Waals surface area contributed by atoms with Gasteiger partial charge in [0.1, 0.15) is 18.2 Å². The van der Waals surface area contributed by atoms with E-state index in [4.69, 9.17) is 0 Å². The summed E-state index contributed by atoms with van der Waals surface area (Å²) in [6, 6.07) is -2.47. The Hall–Kier alpha value is -2.34. The van der Waals surface area contributed by atoms with Gasteiger partial charge in [-0.3, -0.25) is 28.8 Å². The lowest BCUT2D eigenvalue weighted by atomic mass is 9.66. The van der Waals surface area contributed by atoms with Gasteiger partial charge in [0.15, 0.2) is 34.3 Å². The molecule has 0 aromatic heterocycles. The summed E-state index contributed by atoms with van der Waals surface area (Å²) in [6.45, 7) is 4.40. The molecule has 0 saturated carbocycles. The fourth-order valence-electron chi connectivity index (χ4n) is 2.87. The van der Waals surface area contributed by atoms with Crippen LogP contribution in [0.1, 0.15) is 47.5 Å². The molecule has 1 amide bonds. The van der Waals surface area contributed by atoms with Crippen LogP contribution in [0.3, 0.4) is 0 Å². The second kappa shape index (κ2) is 9.92. The Morgan fingerprint density at radius 1 is 0.862 bits per heavy atom. The largest absolute Gasteiger partial charge is 0.386 e. The minimum Gasteiger partial charge on any atom is -0.386 e. The lowest BCUT2D eigenvalue weighted by Gasteiger charge is -2.46. The second-order valence-electron chi connectivity index (χ2n) is 6.82. The van der Waals surface area contributed by atoms with E-state index in [0.717, 1.165) is 13.8 Å². The monoisotopic (exact) mass is 417 g/mol. The minimum absolute atomic E-state index is 0.202. The lowest BCUT2D eigenvalue weighted by Crippen LogP contribution is -2.79. The van der Waals surface area contributed by atoms with Gasteiger partial charge in [-0.15, -0.1) is 0 Å². The average Bonchev–Trinajstić information content (AvgIpc) is 2.62. The standard InChI is InChI=1S/C18H27NO10/c1-6-7-12(24)19-15(13(25)8(2)20)17(28,10(4)22)18(29,11(5)23)16(27)14(26)9(3)21/h14-16,26-29H,6-7H2,1-5H3,(H,19,24)/t14?,15-,16+,17+,18+/m0/s1. The molecule has 11 nitrogen and oxygen atoms in total. The molecule has 0 aromatic carbocycles. The number of aliphatic hydroxyl groups excluding tert-OH is 2. The maximum absolute atomic E-state index is 12.4. The number of hydrogen-bond donors (Lipinski definition) is 5. The quantitative estimate of drug-likeness (QED) is 0.210. The second-order valence-corrected chi connectivity index (χ2v) is 6.82. The first-order valence-electron chi connectivity index (χ1n) is 8.78. The maximum atomic E-state index is 12.4. The molecule has 5 N–H and O–H groups in total. The van der Waals surface area contributed by atoms with Crippen LogP contribution in [-0.4, -0.2) is 84.7 Å². The fourth-order valence-corrected chi connectivity index (χ4v) is 2.87. The SMILES string of the molecule is CCCC(=O)N[C@@H](C(=O)C(C)=O)[C@](O)(C(C)=O)[C@@](O)(C(C)=O)[C@H](O)C(O)C(C)=O. The van der Waals surface area contributed by atoms with E-state index in [1.54, 1.807) is 6.92 Å². The van der Waals surface area contributed by atoms with E-state index >= 15 is 0 Å². The van der Waals surface area contributed by atoms with Crippen LogP contribution in [0.4, 0.5) is 0 Å². The first-order chi connectivity index (χ1) is 13.1. The fraction of sp³-hybridized carbons (Fsp3) is 0.667. The number of aliphatic hydroxyl groups is 4. The molecule has 0 aliphatic rings.